The predicted octanol–water partition coefficient (Wildman–Crippen LogP) is 4.97. The van der Waals surface area contributed by atoms with Crippen LogP contribution in [0.2, 0.25) is 0 Å². The summed E-state index contributed by atoms with van der Waals surface area (Å²) < 4.78 is 4.01. The zero-order valence-electron chi connectivity index (χ0n) is 16.4. The van der Waals surface area contributed by atoms with Crippen LogP contribution in [0.15, 0.2) is 54.9 Å². The van der Waals surface area contributed by atoms with Crippen LogP contribution in [0, 0.1) is 27.7 Å². The van der Waals surface area contributed by atoms with Crippen molar-refractivity contribution in [3.63, 3.8) is 0 Å². The van der Waals surface area contributed by atoms with Crippen molar-refractivity contribution in [1.82, 2.24) is 24.1 Å². The lowest BCUT2D eigenvalue weighted by Gasteiger charge is -2.12. The van der Waals surface area contributed by atoms with Crippen molar-refractivity contribution in [2.45, 2.75) is 27.7 Å². The molecule has 5 aromatic rings. The lowest BCUT2D eigenvalue weighted by atomic mass is 10.1. The van der Waals surface area contributed by atoms with Crippen molar-refractivity contribution in [1.29, 1.82) is 0 Å². The van der Waals surface area contributed by atoms with Gasteiger partial charge in [0.05, 0.1) is 11.1 Å². The van der Waals surface area contributed by atoms with E-state index in [0.29, 0.717) is 5.82 Å². The standard InChI is InChI=1S/C23H21N5/c1-14-10-11-19(15(2)12-14)28-17(4)16(3)20-22(28)24-13-27-23(20)25-21(26-27)18-8-6-5-7-9-18/h5-13H,1-4H3. The Balaban J connectivity index is 1.82. The quantitative estimate of drug-likeness (QED) is 0.443. The number of aromatic nitrogens is 5. The maximum absolute atomic E-state index is 4.86. The van der Waals surface area contributed by atoms with Crippen molar-refractivity contribution in [2.24, 2.45) is 0 Å². The zero-order chi connectivity index (χ0) is 19.4. The summed E-state index contributed by atoms with van der Waals surface area (Å²) in [6, 6.07) is 16.6. The third kappa shape index (κ3) is 2.36. The Morgan fingerprint density at radius 2 is 1.64 bits per heavy atom. The highest BCUT2D eigenvalue weighted by molar-refractivity contribution is 5.95. The summed E-state index contributed by atoms with van der Waals surface area (Å²) in [5.41, 5.74) is 8.75. The van der Waals surface area contributed by atoms with Gasteiger partial charge in [0, 0.05) is 11.3 Å². The van der Waals surface area contributed by atoms with E-state index < -0.39 is 0 Å². The SMILES string of the molecule is Cc1ccc(-n2c(C)c(C)c3c2ncn2nc(-c4ccccc4)nc32)c(C)c1. The molecule has 138 valence electrons. The Labute approximate surface area is 163 Å². The van der Waals surface area contributed by atoms with Crippen LogP contribution in [0.5, 0.6) is 0 Å². The average molecular weight is 367 g/mol. The van der Waals surface area contributed by atoms with Crippen molar-refractivity contribution in [3.8, 4) is 17.1 Å². The lowest BCUT2D eigenvalue weighted by Crippen LogP contribution is -2.01. The molecule has 5 nitrogen and oxygen atoms in total. The second kappa shape index (κ2) is 6.02. The summed E-state index contributed by atoms with van der Waals surface area (Å²) in [5.74, 6) is 0.714. The molecular weight excluding hydrogens is 346 g/mol. The number of nitrogens with zero attached hydrogens (tertiary/aromatic N) is 5. The Kier molecular flexibility index (Phi) is 3.59. The molecule has 0 aliphatic heterocycles. The number of rotatable bonds is 2. The second-order valence-corrected chi connectivity index (χ2v) is 7.35. The number of benzene rings is 2. The summed E-state index contributed by atoms with van der Waals surface area (Å²) in [5, 5.41) is 5.70. The third-order valence-corrected chi connectivity index (χ3v) is 5.46. The van der Waals surface area contributed by atoms with Gasteiger partial charge in [0.25, 0.3) is 0 Å². The molecule has 0 N–H and O–H groups in total. The number of fused-ring (bicyclic) bond motifs is 3. The summed E-state index contributed by atoms with van der Waals surface area (Å²) in [4.78, 5) is 9.62. The van der Waals surface area contributed by atoms with Crippen LogP contribution in [-0.4, -0.2) is 24.1 Å². The molecule has 0 saturated heterocycles. The van der Waals surface area contributed by atoms with Crippen LogP contribution in [0.4, 0.5) is 0 Å². The highest BCUT2D eigenvalue weighted by atomic mass is 15.3. The summed E-state index contributed by atoms with van der Waals surface area (Å²) in [7, 11) is 0. The molecule has 0 saturated carbocycles. The molecule has 3 heterocycles. The van der Waals surface area contributed by atoms with Crippen LogP contribution < -0.4 is 0 Å². The Morgan fingerprint density at radius 3 is 2.39 bits per heavy atom. The fraction of sp³-hybridized carbons (Fsp3) is 0.174. The molecule has 0 radical (unpaired) electrons. The fourth-order valence-corrected chi connectivity index (χ4v) is 3.92. The van der Waals surface area contributed by atoms with Gasteiger partial charge in [-0.25, -0.2) is 14.5 Å². The molecule has 0 aliphatic carbocycles. The van der Waals surface area contributed by atoms with Crippen molar-refractivity contribution in [2.75, 3.05) is 0 Å². The minimum absolute atomic E-state index is 0.714. The average Bonchev–Trinajstić information content (AvgIpc) is 3.23. The maximum Gasteiger partial charge on any atom is 0.182 e. The highest BCUT2D eigenvalue weighted by Crippen LogP contribution is 2.31. The molecule has 0 amide bonds. The monoisotopic (exact) mass is 367 g/mol. The summed E-state index contributed by atoms with van der Waals surface area (Å²) in [6.07, 6.45) is 1.76. The lowest BCUT2D eigenvalue weighted by molar-refractivity contribution is 0.925. The van der Waals surface area contributed by atoms with Gasteiger partial charge in [-0.3, -0.25) is 4.57 Å². The molecular formula is C23H21N5. The van der Waals surface area contributed by atoms with Gasteiger partial charge in [-0.15, -0.1) is 5.10 Å². The second-order valence-electron chi connectivity index (χ2n) is 7.35. The topological polar surface area (TPSA) is 48.0 Å². The molecule has 0 spiro atoms. The molecule has 0 aliphatic rings. The van der Waals surface area contributed by atoms with Crippen molar-refractivity contribution < 1.29 is 0 Å². The largest absolute Gasteiger partial charge is 0.298 e. The van der Waals surface area contributed by atoms with E-state index in [-0.39, 0.29) is 0 Å². The molecule has 3 aromatic heterocycles. The predicted molar refractivity (Wildman–Crippen MR) is 112 cm³/mol. The van der Waals surface area contributed by atoms with Crippen LogP contribution in [-0.2, 0) is 0 Å². The van der Waals surface area contributed by atoms with E-state index in [4.69, 9.17) is 9.97 Å². The van der Waals surface area contributed by atoms with E-state index in [9.17, 15) is 0 Å². The summed E-state index contributed by atoms with van der Waals surface area (Å²) in [6.45, 7) is 8.54. The van der Waals surface area contributed by atoms with Gasteiger partial charge in [0.2, 0.25) is 0 Å². The molecule has 0 unspecified atom stereocenters. The van der Waals surface area contributed by atoms with Gasteiger partial charge in [-0.1, -0.05) is 48.0 Å². The number of hydrogen-bond acceptors (Lipinski definition) is 3. The first-order valence-electron chi connectivity index (χ1n) is 9.40. The van der Waals surface area contributed by atoms with Gasteiger partial charge < -0.3 is 0 Å². The van der Waals surface area contributed by atoms with E-state index >= 15 is 0 Å². The minimum atomic E-state index is 0.714. The van der Waals surface area contributed by atoms with Crippen LogP contribution in [0.25, 0.3) is 33.8 Å². The van der Waals surface area contributed by atoms with Gasteiger partial charge in [0.1, 0.15) is 6.33 Å². The zero-order valence-corrected chi connectivity index (χ0v) is 16.4. The third-order valence-electron chi connectivity index (χ3n) is 5.46. The molecule has 0 bridgehead atoms. The van der Waals surface area contributed by atoms with Crippen LogP contribution >= 0.6 is 0 Å². The van der Waals surface area contributed by atoms with Gasteiger partial charge >= 0.3 is 0 Å². The number of aryl methyl sites for hydroxylation is 3. The minimum Gasteiger partial charge on any atom is -0.298 e. The Bertz CT molecular complexity index is 1340. The van der Waals surface area contributed by atoms with E-state index in [1.165, 1.54) is 22.4 Å². The smallest absolute Gasteiger partial charge is 0.182 e. The van der Waals surface area contributed by atoms with E-state index in [0.717, 1.165) is 27.9 Å². The van der Waals surface area contributed by atoms with E-state index in [1.54, 1.807) is 10.8 Å². The molecule has 2 aromatic carbocycles. The van der Waals surface area contributed by atoms with E-state index in [1.807, 2.05) is 30.3 Å². The Hall–Kier alpha value is -3.47. The van der Waals surface area contributed by atoms with Gasteiger partial charge in [-0.2, -0.15) is 0 Å². The molecule has 0 fully saturated rings. The highest BCUT2D eigenvalue weighted by Gasteiger charge is 2.20. The van der Waals surface area contributed by atoms with Crippen molar-refractivity contribution in [3.05, 3.63) is 77.2 Å². The fourth-order valence-electron chi connectivity index (χ4n) is 3.92. The molecule has 28 heavy (non-hydrogen) atoms. The first kappa shape index (κ1) is 16.7. The van der Waals surface area contributed by atoms with Gasteiger partial charge in [-0.05, 0) is 44.9 Å². The van der Waals surface area contributed by atoms with E-state index in [2.05, 4.69) is 55.6 Å². The van der Waals surface area contributed by atoms with Gasteiger partial charge in [0.15, 0.2) is 17.1 Å². The molecule has 0 atom stereocenters. The normalized spacial score (nSPS) is 11.6. The Morgan fingerprint density at radius 1 is 0.857 bits per heavy atom. The molecule has 5 rings (SSSR count). The van der Waals surface area contributed by atoms with Crippen LogP contribution in [0.1, 0.15) is 22.4 Å². The molecule has 5 heteroatoms. The van der Waals surface area contributed by atoms with Crippen LogP contribution in [0.3, 0.4) is 0 Å². The maximum atomic E-state index is 4.86. The summed E-state index contributed by atoms with van der Waals surface area (Å²) >= 11 is 0. The number of hydrogen-bond donors (Lipinski definition) is 0. The first-order valence-corrected chi connectivity index (χ1v) is 9.40. The van der Waals surface area contributed by atoms with Crippen molar-refractivity contribution >= 4 is 16.7 Å². The first-order chi connectivity index (χ1) is 13.5.